The molecule has 1 amide bonds. The molecule has 1 N–H and O–H groups in total. The van der Waals surface area contributed by atoms with E-state index in [4.69, 9.17) is 0 Å². The predicted molar refractivity (Wildman–Crippen MR) is 102 cm³/mol. The van der Waals surface area contributed by atoms with Gasteiger partial charge in [-0.1, -0.05) is 0 Å². The number of allylic oxidation sites excluding steroid dienone is 4. The van der Waals surface area contributed by atoms with Crippen LogP contribution in [0.15, 0.2) is 38.8 Å². The van der Waals surface area contributed by atoms with Gasteiger partial charge in [0.05, 0.1) is 0 Å². The first-order valence-electron chi connectivity index (χ1n) is 8.80. The van der Waals surface area contributed by atoms with Crippen molar-refractivity contribution in [3.63, 3.8) is 0 Å². The van der Waals surface area contributed by atoms with Crippen LogP contribution in [0.3, 0.4) is 0 Å². The summed E-state index contributed by atoms with van der Waals surface area (Å²) in [5.41, 5.74) is 7.42. The molecule has 1 atom stereocenters. The summed E-state index contributed by atoms with van der Waals surface area (Å²) < 4.78 is 5.17. The van der Waals surface area contributed by atoms with E-state index < -0.39 is 24.0 Å². The molecule has 1 aromatic carbocycles. The molecule has 2 rings (SSSR count). The molecule has 2 nitrogen and oxygen atoms in total. The minimum atomic E-state index is -1.77. The van der Waals surface area contributed by atoms with Gasteiger partial charge in [0.15, 0.2) is 0 Å². The fourth-order valence-corrected chi connectivity index (χ4v) is 14.1. The van der Waals surface area contributed by atoms with Crippen LogP contribution in [0.1, 0.15) is 49.2 Å². The summed E-state index contributed by atoms with van der Waals surface area (Å²) in [5, 5.41) is 0. The van der Waals surface area contributed by atoms with Crippen LogP contribution in [-0.2, 0) is 17.4 Å². The summed E-state index contributed by atoms with van der Waals surface area (Å²) in [6.07, 6.45) is 0. The second-order valence-electron chi connectivity index (χ2n) is 7.36. The zero-order valence-corrected chi connectivity index (χ0v) is 21.3. The van der Waals surface area contributed by atoms with Crippen molar-refractivity contribution in [3.8, 4) is 0 Å². The Balaban J connectivity index is 0.00000312. The van der Waals surface area contributed by atoms with E-state index in [-0.39, 0.29) is 30.7 Å². The summed E-state index contributed by atoms with van der Waals surface area (Å²) in [7, 11) is 0. The van der Waals surface area contributed by atoms with Gasteiger partial charge in [-0.05, 0) is 0 Å². The van der Waals surface area contributed by atoms with Gasteiger partial charge in [-0.2, -0.15) is 0 Å². The van der Waals surface area contributed by atoms with Crippen LogP contribution in [0.2, 0.25) is 13.1 Å². The van der Waals surface area contributed by atoms with Gasteiger partial charge in [-0.15, -0.1) is 0 Å². The van der Waals surface area contributed by atoms with Crippen molar-refractivity contribution < 1.29 is 47.0 Å². The summed E-state index contributed by atoms with van der Waals surface area (Å²) in [6, 6.07) is 6.10. The molecule has 1 aliphatic carbocycles. The van der Waals surface area contributed by atoms with Gasteiger partial charge in [0, 0.05) is 0 Å². The first-order chi connectivity index (χ1) is 11.2. The van der Waals surface area contributed by atoms with Crippen molar-refractivity contribution in [2.24, 2.45) is 5.92 Å². The minimum absolute atomic E-state index is 0. The maximum Gasteiger partial charge on any atom is -1.00 e. The van der Waals surface area contributed by atoms with Gasteiger partial charge in [0.2, 0.25) is 0 Å². The van der Waals surface area contributed by atoms with Crippen LogP contribution >= 0.6 is 0 Å². The average Bonchev–Trinajstić information content (AvgIpc) is 2.69. The molecule has 0 bridgehead atoms. The van der Waals surface area contributed by atoms with Gasteiger partial charge >= 0.3 is 155 Å². The molecule has 0 aliphatic heterocycles. The maximum absolute atomic E-state index is 13.1. The number of hydrogen-bond acceptors (Lipinski definition) is 1. The molecule has 26 heavy (non-hydrogen) atoms. The Bertz CT molecular complexity index is 723. The Morgan fingerprint density at radius 3 is 1.88 bits per heavy atom. The Morgan fingerprint density at radius 2 is 1.50 bits per heavy atom. The van der Waals surface area contributed by atoms with Gasteiger partial charge < -0.3 is 24.8 Å². The molecule has 1 aliphatic rings. The number of carbonyl (C=O) groups is 1. The maximum atomic E-state index is 13.1. The summed E-state index contributed by atoms with van der Waals surface area (Å²) in [4.78, 5) is 13.1. The molecule has 0 fully saturated rings. The van der Waals surface area contributed by atoms with Gasteiger partial charge in [-0.3, -0.25) is 0 Å². The van der Waals surface area contributed by atoms with Gasteiger partial charge in [0.1, 0.15) is 0 Å². The van der Waals surface area contributed by atoms with Crippen LogP contribution < -0.4 is 28.6 Å². The molecular formula is C20H30Cl2NOSiTi. The molecule has 0 saturated carbocycles. The Kier molecular flexibility index (Phi) is 10.2. The Hall–Kier alpha value is -0.319. The smallest absolute Gasteiger partial charge is 1.00 e. The molecule has 0 spiro atoms. The van der Waals surface area contributed by atoms with Gasteiger partial charge in [0.25, 0.3) is 0 Å². The van der Waals surface area contributed by atoms with Crippen molar-refractivity contribution in [1.29, 1.82) is 0 Å². The standard InChI is InChI=1S/C9H11NO.C9H13.C2H7Si.2ClH.Ti/c1-6-4-3-5-7(2)8(6)9(10)11;1-6-5-7(2)9(4)8(6)3;1-3-2;;;/h3-5H,1-2H3,(H2,10,11);6H,1-4H3;3H,1-2H3;2*1H;/q;;;;;+3/p-3. The number of rotatable bonds is 4. The van der Waals surface area contributed by atoms with E-state index >= 15 is 0 Å². The van der Waals surface area contributed by atoms with Crippen molar-refractivity contribution in [2.45, 2.75) is 54.6 Å². The second kappa shape index (κ2) is 10.3. The third-order valence-electron chi connectivity index (χ3n) is 5.46. The number of halogens is 2. The molecular weight excluding hydrogens is 417 g/mol. The van der Waals surface area contributed by atoms with Gasteiger partial charge in [-0.25, -0.2) is 0 Å². The first-order valence-corrected chi connectivity index (χ1v) is 15.9. The molecule has 6 heteroatoms. The number of aryl methyl sites for hydroxylation is 2. The number of benzene rings is 1. The molecule has 0 radical (unpaired) electrons. The van der Waals surface area contributed by atoms with E-state index in [1.165, 1.54) is 16.7 Å². The van der Waals surface area contributed by atoms with Crippen LogP contribution in [-0.4, -0.2) is 12.6 Å². The number of amides is 1. The zero-order chi connectivity index (χ0) is 18.2. The van der Waals surface area contributed by atoms with E-state index in [1.807, 2.05) is 32.0 Å². The summed E-state index contributed by atoms with van der Waals surface area (Å²) in [6.45, 7) is 17.0. The van der Waals surface area contributed by atoms with E-state index in [1.54, 1.807) is 3.88 Å². The van der Waals surface area contributed by atoms with E-state index in [2.05, 4.69) is 44.6 Å². The first kappa shape index (κ1) is 25.7. The van der Waals surface area contributed by atoms with Crippen molar-refractivity contribution in [2.75, 3.05) is 0 Å². The molecule has 1 aromatic rings. The molecule has 1 unspecified atom stereocenters. The summed E-state index contributed by atoms with van der Waals surface area (Å²) >= 11 is -1.77. The average molecular weight is 447 g/mol. The molecule has 0 aromatic heterocycles. The van der Waals surface area contributed by atoms with Crippen molar-refractivity contribution >= 4 is 12.6 Å². The van der Waals surface area contributed by atoms with Crippen LogP contribution in [0.25, 0.3) is 0 Å². The van der Waals surface area contributed by atoms with Crippen LogP contribution in [0, 0.1) is 19.8 Å². The summed E-state index contributed by atoms with van der Waals surface area (Å²) in [5.74, 6) is 0.657. The van der Waals surface area contributed by atoms with Crippen molar-refractivity contribution in [3.05, 3.63) is 55.5 Å². The van der Waals surface area contributed by atoms with Crippen molar-refractivity contribution in [1.82, 2.24) is 3.80 Å². The minimum Gasteiger partial charge on any atom is -1.00 e. The SMILES string of the molecule is CC1=C(C)C(C)[C]([Ti+2]([NH]C(=O)c2c(C)cccc2C)[SiH](C)C)=C1C.[Cl-].[Cl-]. The predicted octanol–water partition coefficient (Wildman–Crippen LogP) is -1.18. The fraction of sp³-hybridized carbons (Fsp3) is 0.450. The quantitative estimate of drug-likeness (QED) is 0.579. The normalized spacial score (nSPS) is 16.4. The fourth-order valence-electron chi connectivity index (χ4n) is 3.68. The zero-order valence-electron chi connectivity index (χ0n) is 17.1. The Labute approximate surface area is 178 Å². The van der Waals surface area contributed by atoms with E-state index in [9.17, 15) is 4.79 Å². The largest absolute Gasteiger partial charge is 1.00 e. The molecule has 143 valence electrons. The third kappa shape index (κ3) is 4.94. The monoisotopic (exact) mass is 446 g/mol. The number of hydrogen-bond donors (Lipinski definition) is 1. The topological polar surface area (TPSA) is 29.1 Å². The van der Waals surface area contributed by atoms with E-state index in [0.29, 0.717) is 5.92 Å². The van der Waals surface area contributed by atoms with Crippen LogP contribution in [0.5, 0.6) is 0 Å². The number of nitrogens with one attached hydrogen (secondary N) is 1. The Morgan fingerprint density at radius 1 is 1.00 bits per heavy atom. The number of carbonyl (C=O) groups excluding carboxylic acids is 1. The second-order valence-corrected chi connectivity index (χ2v) is 20.0. The molecule has 0 saturated heterocycles. The molecule has 0 heterocycles. The van der Waals surface area contributed by atoms with Crippen LogP contribution in [0.4, 0.5) is 0 Å². The van der Waals surface area contributed by atoms with E-state index in [0.717, 1.165) is 16.7 Å². The third-order valence-corrected chi connectivity index (χ3v) is 16.8.